The number of hydrogen-bond donors (Lipinski definition) is 1. The molecule has 0 amide bonds. The fraction of sp³-hybridized carbons (Fsp3) is 0.429. The second-order valence-electron chi connectivity index (χ2n) is 9.69. The zero-order chi connectivity index (χ0) is 23.7. The Balaban J connectivity index is 1.35. The summed E-state index contributed by atoms with van der Waals surface area (Å²) in [6, 6.07) is 12.8. The van der Waals surface area contributed by atoms with Gasteiger partial charge >= 0.3 is 0 Å². The van der Waals surface area contributed by atoms with Crippen LogP contribution >= 0.6 is 0 Å². The first-order chi connectivity index (χ1) is 16.5. The number of guanidine groups is 1. The van der Waals surface area contributed by atoms with E-state index in [1.165, 1.54) is 16.8 Å². The molecule has 34 heavy (non-hydrogen) atoms. The van der Waals surface area contributed by atoms with Crippen LogP contribution in [0.25, 0.3) is 5.69 Å². The van der Waals surface area contributed by atoms with Gasteiger partial charge in [-0.1, -0.05) is 25.1 Å². The Morgan fingerprint density at radius 1 is 1.12 bits per heavy atom. The Labute approximate surface area is 201 Å². The van der Waals surface area contributed by atoms with Gasteiger partial charge in [-0.25, -0.2) is 9.37 Å². The maximum absolute atomic E-state index is 14.0. The van der Waals surface area contributed by atoms with Crippen molar-refractivity contribution in [3.05, 3.63) is 82.7 Å². The Morgan fingerprint density at radius 3 is 2.76 bits per heavy atom. The molecular formula is C28H34FN5. The van der Waals surface area contributed by atoms with Crippen LogP contribution in [-0.2, 0) is 12.8 Å². The van der Waals surface area contributed by atoms with Crippen molar-refractivity contribution in [2.75, 3.05) is 13.1 Å². The highest BCUT2D eigenvalue weighted by Crippen LogP contribution is 2.29. The van der Waals surface area contributed by atoms with Crippen LogP contribution in [0.2, 0.25) is 0 Å². The molecule has 2 aliphatic rings. The second-order valence-corrected chi connectivity index (χ2v) is 9.69. The SMILES string of the molecule is CCc1cc(C2CCCN3C(=NCCC3Cc3cc(C)cc(F)c3)N2)ccc1-n1cnc(C)c1. The highest BCUT2D eigenvalue weighted by atomic mass is 19.1. The molecule has 2 aliphatic heterocycles. The number of aliphatic imine (C=N–C) groups is 1. The molecule has 5 rings (SSSR count). The van der Waals surface area contributed by atoms with Crippen molar-refractivity contribution in [3.8, 4) is 5.69 Å². The highest BCUT2D eigenvalue weighted by Gasteiger charge is 2.30. The second kappa shape index (κ2) is 9.61. The fourth-order valence-electron chi connectivity index (χ4n) is 5.42. The summed E-state index contributed by atoms with van der Waals surface area (Å²) in [5, 5.41) is 3.77. The molecule has 3 heterocycles. The van der Waals surface area contributed by atoms with Crippen molar-refractivity contribution in [3.63, 3.8) is 0 Å². The number of benzene rings is 2. The van der Waals surface area contributed by atoms with E-state index in [9.17, 15) is 4.39 Å². The average molecular weight is 460 g/mol. The quantitative estimate of drug-likeness (QED) is 0.564. The van der Waals surface area contributed by atoms with Gasteiger partial charge < -0.3 is 14.8 Å². The minimum atomic E-state index is -0.144. The number of nitrogens with one attached hydrogen (secondary N) is 1. The molecule has 5 nitrogen and oxygen atoms in total. The molecule has 2 unspecified atom stereocenters. The van der Waals surface area contributed by atoms with Crippen LogP contribution in [0, 0.1) is 19.7 Å². The van der Waals surface area contributed by atoms with E-state index >= 15 is 0 Å². The molecule has 178 valence electrons. The van der Waals surface area contributed by atoms with Gasteiger partial charge in [0.1, 0.15) is 5.82 Å². The maximum atomic E-state index is 14.0. The summed E-state index contributed by atoms with van der Waals surface area (Å²) in [4.78, 5) is 11.7. The van der Waals surface area contributed by atoms with Crippen LogP contribution in [0.5, 0.6) is 0 Å². The number of aryl methyl sites for hydroxylation is 3. The summed E-state index contributed by atoms with van der Waals surface area (Å²) < 4.78 is 16.1. The van der Waals surface area contributed by atoms with Crippen molar-refractivity contribution >= 4 is 5.96 Å². The molecule has 2 aromatic carbocycles. The summed E-state index contributed by atoms with van der Waals surface area (Å²) in [6.07, 6.45) is 8.95. The lowest BCUT2D eigenvalue weighted by Gasteiger charge is -2.37. The van der Waals surface area contributed by atoms with E-state index in [-0.39, 0.29) is 11.9 Å². The van der Waals surface area contributed by atoms with Gasteiger partial charge in [0.2, 0.25) is 0 Å². The van der Waals surface area contributed by atoms with Crippen LogP contribution in [0.15, 0.2) is 53.9 Å². The van der Waals surface area contributed by atoms with E-state index in [1.54, 1.807) is 12.1 Å². The minimum Gasteiger partial charge on any atom is -0.349 e. The first-order valence-electron chi connectivity index (χ1n) is 12.5. The third kappa shape index (κ3) is 4.72. The lowest BCUT2D eigenvalue weighted by molar-refractivity contribution is 0.276. The predicted octanol–water partition coefficient (Wildman–Crippen LogP) is 5.29. The molecule has 0 radical (unpaired) electrons. The average Bonchev–Trinajstić information content (AvgIpc) is 3.12. The molecule has 0 aliphatic carbocycles. The van der Waals surface area contributed by atoms with Crippen LogP contribution in [0.1, 0.15) is 60.2 Å². The molecule has 6 heteroatoms. The first kappa shape index (κ1) is 22.6. The Bertz CT molecular complexity index is 1180. The molecule has 2 atom stereocenters. The molecule has 3 aromatic rings. The van der Waals surface area contributed by atoms with Crippen LogP contribution in [-0.4, -0.2) is 39.5 Å². The Morgan fingerprint density at radius 2 is 2.00 bits per heavy atom. The number of imidazole rings is 1. The van der Waals surface area contributed by atoms with Crippen LogP contribution < -0.4 is 5.32 Å². The number of fused-ring (bicyclic) bond motifs is 1. The molecule has 1 aromatic heterocycles. The topological polar surface area (TPSA) is 45.5 Å². The third-order valence-electron chi connectivity index (χ3n) is 7.08. The van der Waals surface area contributed by atoms with Gasteiger partial charge in [0.25, 0.3) is 0 Å². The van der Waals surface area contributed by atoms with E-state index in [0.717, 1.165) is 68.0 Å². The molecule has 0 bridgehead atoms. The number of hydrogen-bond acceptors (Lipinski definition) is 4. The van der Waals surface area contributed by atoms with Crippen molar-refractivity contribution in [1.29, 1.82) is 0 Å². The van der Waals surface area contributed by atoms with Gasteiger partial charge in [-0.2, -0.15) is 0 Å². The minimum absolute atomic E-state index is 0.144. The predicted molar refractivity (Wildman–Crippen MR) is 135 cm³/mol. The number of nitrogens with zero attached hydrogens (tertiary/aromatic N) is 4. The Kier molecular flexibility index (Phi) is 6.40. The van der Waals surface area contributed by atoms with Gasteiger partial charge in [-0.05, 0) is 86.4 Å². The van der Waals surface area contributed by atoms with Crippen molar-refractivity contribution in [1.82, 2.24) is 19.8 Å². The maximum Gasteiger partial charge on any atom is 0.194 e. The molecule has 0 saturated carbocycles. The molecular weight excluding hydrogens is 425 g/mol. The van der Waals surface area contributed by atoms with Gasteiger partial charge in [0.15, 0.2) is 5.96 Å². The van der Waals surface area contributed by atoms with E-state index in [1.807, 2.05) is 20.2 Å². The first-order valence-corrected chi connectivity index (χ1v) is 12.5. The summed E-state index contributed by atoms with van der Waals surface area (Å²) in [5.41, 5.74) is 6.90. The fourth-order valence-corrected chi connectivity index (χ4v) is 5.42. The van der Waals surface area contributed by atoms with Gasteiger partial charge in [0, 0.05) is 31.0 Å². The van der Waals surface area contributed by atoms with E-state index in [4.69, 9.17) is 4.99 Å². The normalized spacial score (nSPS) is 20.4. The summed E-state index contributed by atoms with van der Waals surface area (Å²) >= 11 is 0. The lowest BCUT2D eigenvalue weighted by atomic mass is 9.98. The van der Waals surface area contributed by atoms with Crippen molar-refractivity contribution in [2.45, 2.75) is 65.0 Å². The highest BCUT2D eigenvalue weighted by molar-refractivity contribution is 5.81. The summed E-state index contributed by atoms with van der Waals surface area (Å²) in [6.45, 7) is 7.98. The summed E-state index contributed by atoms with van der Waals surface area (Å²) in [5.74, 6) is 0.856. The molecule has 1 N–H and O–H groups in total. The zero-order valence-corrected chi connectivity index (χ0v) is 20.4. The van der Waals surface area contributed by atoms with Crippen molar-refractivity contribution < 1.29 is 4.39 Å². The van der Waals surface area contributed by atoms with Crippen LogP contribution in [0.3, 0.4) is 0 Å². The van der Waals surface area contributed by atoms with Crippen LogP contribution in [0.4, 0.5) is 4.39 Å². The molecule has 0 spiro atoms. The van der Waals surface area contributed by atoms with Gasteiger partial charge in [0.05, 0.1) is 18.1 Å². The number of aromatic nitrogens is 2. The third-order valence-corrected chi connectivity index (χ3v) is 7.08. The van der Waals surface area contributed by atoms with Gasteiger partial charge in [-0.3, -0.25) is 4.99 Å². The monoisotopic (exact) mass is 459 g/mol. The van der Waals surface area contributed by atoms with Gasteiger partial charge in [-0.15, -0.1) is 0 Å². The standard InChI is InChI=1S/C28H34FN5/c1-4-22-16-23(7-8-27(22)33-17-20(3)31-18-33)26-6-5-11-34-25(9-10-30-28(34)32-26)15-21-12-19(2)13-24(29)14-21/h7-8,12-14,16-18,25-26H,4-6,9-11,15H2,1-3H3,(H,30,32). The zero-order valence-electron chi connectivity index (χ0n) is 20.4. The molecule has 1 saturated heterocycles. The smallest absolute Gasteiger partial charge is 0.194 e. The van der Waals surface area contributed by atoms with E-state index < -0.39 is 0 Å². The van der Waals surface area contributed by atoms with Crippen molar-refractivity contribution in [2.24, 2.45) is 4.99 Å². The largest absolute Gasteiger partial charge is 0.349 e. The summed E-state index contributed by atoms with van der Waals surface area (Å²) in [7, 11) is 0. The molecule has 1 fully saturated rings. The number of halogens is 1. The Hall–Kier alpha value is -3.15. The van der Waals surface area contributed by atoms with E-state index in [2.05, 4.69) is 57.2 Å². The van der Waals surface area contributed by atoms with E-state index in [0.29, 0.717) is 6.04 Å². The number of rotatable bonds is 5. The lowest BCUT2D eigenvalue weighted by Crippen LogP contribution is -2.50.